The molecule has 1 atom stereocenters. The van der Waals surface area contributed by atoms with Gasteiger partial charge in [0.05, 0.1) is 19.3 Å². The van der Waals surface area contributed by atoms with E-state index in [9.17, 15) is 9.59 Å². The molecular formula is C26H24N2O3S. The van der Waals surface area contributed by atoms with E-state index in [1.54, 1.807) is 48.0 Å². The van der Waals surface area contributed by atoms with Crippen molar-refractivity contribution < 1.29 is 14.3 Å². The molecule has 0 aliphatic carbocycles. The molecule has 5 nitrogen and oxygen atoms in total. The standard InChI is InChI=1S/C26H24N2O3S/c1-18-6-5-7-19(16-18)17-27-23-9-4-3-8-22(23)26(25(27)30)28(14-15-32-26)24(29)20-10-12-21(31-2)13-11-20/h3-13,16H,14-15,17H2,1-2H3/t26-/m0/s1. The number of carbonyl (C=O) groups is 2. The number of para-hydroxylation sites is 1. The van der Waals surface area contributed by atoms with Crippen molar-refractivity contribution in [1.82, 2.24) is 4.90 Å². The van der Waals surface area contributed by atoms with E-state index in [4.69, 9.17) is 4.74 Å². The zero-order valence-corrected chi connectivity index (χ0v) is 18.9. The molecular weight excluding hydrogens is 420 g/mol. The van der Waals surface area contributed by atoms with E-state index < -0.39 is 4.87 Å². The summed E-state index contributed by atoms with van der Waals surface area (Å²) in [6, 6.07) is 23.1. The summed E-state index contributed by atoms with van der Waals surface area (Å²) >= 11 is 1.55. The van der Waals surface area contributed by atoms with Gasteiger partial charge in [0, 0.05) is 23.4 Å². The van der Waals surface area contributed by atoms with Crippen LogP contribution < -0.4 is 9.64 Å². The molecule has 2 aliphatic heterocycles. The Morgan fingerprint density at radius 1 is 1.06 bits per heavy atom. The first-order valence-corrected chi connectivity index (χ1v) is 11.6. The number of rotatable bonds is 4. The summed E-state index contributed by atoms with van der Waals surface area (Å²) in [5, 5.41) is 0. The van der Waals surface area contributed by atoms with Crippen LogP contribution >= 0.6 is 11.8 Å². The molecule has 2 amide bonds. The quantitative estimate of drug-likeness (QED) is 0.591. The Labute approximate surface area is 192 Å². The van der Waals surface area contributed by atoms with Crippen molar-refractivity contribution in [2.75, 3.05) is 24.3 Å². The predicted molar refractivity (Wildman–Crippen MR) is 127 cm³/mol. The molecule has 2 heterocycles. The number of nitrogens with zero attached hydrogens (tertiary/aromatic N) is 2. The van der Waals surface area contributed by atoms with E-state index in [-0.39, 0.29) is 11.8 Å². The zero-order valence-electron chi connectivity index (χ0n) is 18.1. The van der Waals surface area contributed by atoms with E-state index in [1.165, 1.54) is 0 Å². The number of methoxy groups -OCH3 is 1. The topological polar surface area (TPSA) is 49.9 Å². The summed E-state index contributed by atoms with van der Waals surface area (Å²) in [5.41, 5.74) is 4.54. The number of amides is 2. The first-order valence-electron chi connectivity index (χ1n) is 10.6. The van der Waals surface area contributed by atoms with E-state index in [2.05, 4.69) is 6.07 Å². The van der Waals surface area contributed by atoms with E-state index >= 15 is 0 Å². The van der Waals surface area contributed by atoms with Crippen molar-refractivity contribution in [3.63, 3.8) is 0 Å². The number of carbonyl (C=O) groups excluding carboxylic acids is 2. The van der Waals surface area contributed by atoms with Crippen molar-refractivity contribution in [2.24, 2.45) is 0 Å². The van der Waals surface area contributed by atoms with E-state index in [0.717, 1.165) is 22.4 Å². The lowest BCUT2D eigenvalue weighted by molar-refractivity contribution is -0.123. The highest BCUT2D eigenvalue weighted by atomic mass is 32.2. The molecule has 0 aromatic heterocycles. The van der Waals surface area contributed by atoms with Crippen LogP contribution in [0.1, 0.15) is 27.0 Å². The Morgan fingerprint density at radius 3 is 2.59 bits per heavy atom. The molecule has 0 unspecified atom stereocenters. The SMILES string of the molecule is COc1ccc(C(=O)N2CCS[C@@]23C(=O)N(Cc2cccc(C)c2)c2ccccc23)cc1. The second-order valence-corrected chi connectivity index (χ2v) is 9.36. The summed E-state index contributed by atoms with van der Waals surface area (Å²) in [4.78, 5) is 30.1. The van der Waals surface area contributed by atoms with Crippen LogP contribution in [0.3, 0.4) is 0 Å². The van der Waals surface area contributed by atoms with Crippen molar-refractivity contribution in [3.05, 3.63) is 95.1 Å². The van der Waals surface area contributed by atoms with Gasteiger partial charge in [-0.1, -0.05) is 48.0 Å². The Morgan fingerprint density at radius 2 is 1.84 bits per heavy atom. The van der Waals surface area contributed by atoms with Gasteiger partial charge in [-0.25, -0.2) is 0 Å². The Bertz CT molecular complexity index is 1190. The zero-order chi connectivity index (χ0) is 22.3. The largest absolute Gasteiger partial charge is 0.497 e. The molecule has 3 aromatic carbocycles. The highest BCUT2D eigenvalue weighted by Crippen LogP contribution is 2.54. The van der Waals surface area contributed by atoms with Crippen LogP contribution in [0.25, 0.3) is 0 Å². The summed E-state index contributed by atoms with van der Waals surface area (Å²) < 4.78 is 5.22. The molecule has 1 saturated heterocycles. The van der Waals surface area contributed by atoms with Gasteiger partial charge in [-0.2, -0.15) is 0 Å². The summed E-state index contributed by atoms with van der Waals surface area (Å²) in [7, 11) is 1.60. The minimum absolute atomic E-state index is 0.0513. The second-order valence-electron chi connectivity index (χ2n) is 8.08. The average Bonchev–Trinajstić information content (AvgIpc) is 3.36. The highest BCUT2D eigenvalue weighted by molar-refractivity contribution is 8.01. The fourth-order valence-electron chi connectivity index (χ4n) is 4.61. The minimum atomic E-state index is -1.03. The maximum absolute atomic E-state index is 14.0. The lowest BCUT2D eigenvalue weighted by Gasteiger charge is -2.33. The number of benzene rings is 3. The number of anilines is 1. The number of aryl methyl sites for hydroxylation is 1. The first kappa shape index (κ1) is 20.6. The van der Waals surface area contributed by atoms with Crippen LogP contribution in [-0.4, -0.2) is 36.1 Å². The van der Waals surface area contributed by atoms with Crippen LogP contribution in [0.2, 0.25) is 0 Å². The molecule has 5 rings (SSSR count). The van der Waals surface area contributed by atoms with Crippen LogP contribution in [0, 0.1) is 6.92 Å². The number of hydrogen-bond donors (Lipinski definition) is 0. The van der Waals surface area contributed by atoms with E-state index in [1.807, 2.05) is 54.3 Å². The third-order valence-electron chi connectivity index (χ3n) is 6.11. The van der Waals surface area contributed by atoms with Gasteiger partial charge in [-0.15, -0.1) is 11.8 Å². The van der Waals surface area contributed by atoms with Crippen LogP contribution in [0.15, 0.2) is 72.8 Å². The molecule has 3 aromatic rings. The summed E-state index contributed by atoms with van der Waals surface area (Å²) in [6.07, 6.45) is 0. The van der Waals surface area contributed by atoms with Crippen LogP contribution in [-0.2, 0) is 16.2 Å². The second kappa shape index (κ2) is 8.02. The van der Waals surface area contributed by atoms with Crippen LogP contribution in [0.4, 0.5) is 5.69 Å². The van der Waals surface area contributed by atoms with Crippen molar-refractivity contribution in [1.29, 1.82) is 0 Å². The first-order chi connectivity index (χ1) is 15.5. The Balaban J connectivity index is 1.55. The van der Waals surface area contributed by atoms with Gasteiger partial charge >= 0.3 is 0 Å². The number of ether oxygens (including phenoxy) is 1. The number of thioether (sulfide) groups is 1. The lowest BCUT2D eigenvalue weighted by atomic mass is 10.0. The molecule has 2 aliphatic rings. The van der Waals surface area contributed by atoms with Crippen LogP contribution in [0.5, 0.6) is 5.75 Å². The molecule has 32 heavy (non-hydrogen) atoms. The van der Waals surface area contributed by atoms with Gasteiger partial charge in [0.1, 0.15) is 5.75 Å². The van der Waals surface area contributed by atoms with Gasteiger partial charge in [0.15, 0.2) is 4.87 Å². The maximum Gasteiger partial charge on any atom is 0.268 e. The molecule has 1 fully saturated rings. The smallest absolute Gasteiger partial charge is 0.268 e. The van der Waals surface area contributed by atoms with E-state index in [0.29, 0.717) is 30.2 Å². The third kappa shape index (κ3) is 3.17. The van der Waals surface area contributed by atoms with Gasteiger partial charge in [0.2, 0.25) is 0 Å². The van der Waals surface area contributed by atoms with Gasteiger partial charge in [-0.3, -0.25) is 9.59 Å². The molecule has 0 radical (unpaired) electrons. The lowest BCUT2D eigenvalue weighted by Crippen LogP contribution is -2.50. The van der Waals surface area contributed by atoms with Crippen molar-refractivity contribution in [3.8, 4) is 5.75 Å². The third-order valence-corrected chi connectivity index (χ3v) is 7.53. The normalized spacial score (nSPS) is 19.5. The van der Waals surface area contributed by atoms with Crippen molar-refractivity contribution in [2.45, 2.75) is 18.3 Å². The molecule has 162 valence electrons. The average molecular weight is 445 g/mol. The fourth-order valence-corrected chi connectivity index (χ4v) is 6.07. The number of fused-ring (bicyclic) bond motifs is 2. The summed E-state index contributed by atoms with van der Waals surface area (Å²) in [5.74, 6) is 1.21. The minimum Gasteiger partial charge on any atom is -0.497 e. The van der Waals surface area contributed by atoms with Gasteiger partial charge < -0.3 is 14.5 Å². The van der Waals surface area contributed by atoms with Crippen molar-refractivity contribution >= 4 is 29.3 Å². The molecule has 6 heteroatoms. The Hall–Kier alpha value is -3.25. The fraction of sp³-hybridized carbons (Fsp3) is 0.231. The molecule has 0 N–H and O–H groups in total. The maximum atomic E-state index is 14.0. The Kier molecular flexibility index (Phi) is 5.18. The monoisotopic (exact) mass is 444 g/mol. The molecule has 1 spiro atoms. The van der Waals surface area contributed by atoms with Gasteiger partial charge in [-0.05, 0) is 42.8 Å². The van der Waals surface area contributed by atoms with Gasteiger partial charge in [0.25, 0.3) is 11.8 Å². The highest BCUT2D eigenvalue weighted by Gasteiger charge is 2.59. The molecule has 0 bridgehead atoms. The molecule has 0 saturated carbocycles. The summed E-state index contributed by atoms with van der Waals surface area (Å²) in [6.45, 7) is 3.05. The predicted octanol–water partition coefficient (Wildman–Crippen LogP) is 4.59. The number of hydrogen-bond acceptors (Lipinski definition) is 4.